The topological polar surface area (TPSA) is 113 Å². The van der Waals surface area contributed by atoms with E-state index < -0.39 is 27.8 Å². The fourth-order valence-electron chi connectivity index (χ4n) is 4.65. The van der Waals surface area contributed by atoms with E-state index in [4.69, 9.17) is 9.47 Å². The highest BCUT2D eigenvalue weighted by Crippen LogP contribution is 2.40. The molecule has 0 unspecified atom stereocenters. The molecule has 0 radical (unpaired) electrons. The van der Waals surface area contributed by atoms with Gasteiger partial charge in [0.1, 0.15) is 11.5 Å². The minimum Gasteiger partial charge on any atom is -0.507 e. The number of methoxy groups -OCH3 is 2. The first-order chi connectivity index (χ1) is 17.3. The number of rotatable bonds is 8. The van der Waals surface area contributed by atoms with Crippen molar-refractivity contribution in [3.05, 3.63) is 65.2 Å². The number of sulfonamides is 1. The van der Waals surface area contributed by atoms with Crippen LogP contribution in [0.4, 0.5) is 0 Å². The van der Waals surface area contributed by atoms with E-state index in [1.807, 2.05) is 0 Å². The van der Waals surface area contributed by atoms with E-state index in [1.165, 1.54) is 47.7 Å². The van der Waals surface area contributed by atoms with Crippen LogP contribution in [0.1, 0.15) is 36.4 Å². The van der Waals surface area contributed by atoms with Crippen LogP contribution in [-0.2, 0) is 24.3 Å². The minimum absolute atomic E-state index is 0.0732. The maximum Gasteiger partial charge on any atom is 0.295 e. The lowest BCUT2D eigenvalue weighted by molar-refractivity contribution is -0.140. The first kappa shape index (κ1) is 25.9. The number of carbonyl (C=O) groups is 2. The third-order valence-corrected chi connectivity index (χ3v) is 8.48. The summed E-state index contributed by atoms with van der Waals surface area (Å²) < 4.78 is 37.9. The summed E-state index contributed by atoms with van der Waals surface area (Å²) in [5, 5.41) is 11.2. The predicted molar refractivity (Wildman–Crippen MR) is 133 cm³/mol. The molecule has 0 saturated carbocycles. The van der Waals surface area contributed by atoms with E-state index in [-0.39, 0.29) is 34.9 Å². The van der Waals surface area contributed by atoms with Crippen LogP contribution in [0.25, 0.3) is 5.76 Å². The Morgan fingerprint density at radius 1 is 1.03 bits per heavy atom. The van der Waals surface area contributed by atoms with E-state index in [0.717, 1.165) is 19.3 Å². The van der Waals surface area contributed by atoms with Crippen molar-refractivity contribution in [3.8, 4) is 5.75 Å². The van der Waals surface area contributed by atoms with Crippen molar-refractivity contribution in [3.63, 3.8) is 0 Å². The Morgan fingerprint density at radius 3 is 2.36 bits per heavy atom. The van der Waals surface area contributed by atoms with Crippen molar-refractivity contribution >= 4 is 27.5 Å². The van der Waals surface area contributed by atoms with Gasteiger partial charge in [0.15, 0.2) is 0 Å². The number of ether oxygens (including phenoxy) is 2. The normalized spacial score (nSPS) is 20.6. The second kappa shape index (κ2) is 10.8. The fourth-order valence-corrected chi connectivity index (χ4v) is 6.17. The van der Waals surface area contributed by atoms with Crippen LogP contribution >= 0.6 is 0 Å². The molecule has 2 heterocycles. The lowest BCUT2D eigenvalue weighted by Crippen LogP contribution is -2.35. The first-order valence-electron chi connectivity index (χ1n) is 11.8. The SMILES string of the molecule is COCCN1C(=O)C(=O)/C(=C(/O)c2ccc(S(=O)(=O)N3CCCCC3)cc2)[C@H]1c1cccc(OC)c1. The van der Waals surface area contributed by atoms with Gasteiger partial charge in [0, 0.05) is 32.3 Å². The van der Waals surface area contributed by atoms with Gasteiger partial charge < -0.3 is 19.5 Å². The lowest BCUT2D eigenvalue weighted by atomic mass is 9.95. The Morgan fingerprint density at radius 2 is 1.72 bits per heavy atom. The average molecular weight is 515 g/mol. The standard InChI is InChI=1S/C26H30N2O7S/c1-34-16-15-28-23(19-7-6-8-20(17-19)35-2)22(25(30)26(28)31)24(29)18-9-11-21(12-10-18)36(32,33)27-13-4-3-5-14-27/h6-12,17,23,29H,3-5,13-16H2,1-2H3/b24-22+/t23-/m1/s1. The number of carbonyl (C=O) groups excluding carboxylic acids is 2. The van der Waals surface area contributed by atoms with Crippen LogP contribution in [0.3, 0.4) is 0 Å². The highest BCUT2D eigenvalue weighted by Gasteiger charge is 2.46. The molecule has 2 aliphatic heterocycles. The van der Waals surface area contributed by atoms with Crippen molar-refractivity contribution < 1.29 is 32.6 Å². The van der Waals surface area contributed by atoms with E-state index in [9.17, 15) is 23.1 Å². The number of ketones is 1. The predicted octanol–water partition coefficient (Wildman–Crippen LogP) is 2.94. The summed E-state index contributed by atoms with van der Waals surface area (Å²) in [7, 11) is -0.634. The summed E-state index contributed by atoms with van der Waals surface area (Å²) in [4.78, 5) is 27.5. The van der Waals surface area contributed by atoms with Crippen molar-refractivity contribution in [2.75, 3.05) is 40.5 Å². The smallest absolute Gasteiger partial charge is 0.295 e. The number of aliphatic hydroxyl groups is 1. The molecular weight excluding hydrogens is 484 g/mol. The van der Waals surface area contributed by atoms with Crippen molar-refractivity contribution in [1.82, 2.24) is 9.21 Å². The summed E-state index contributed by atoms with van der Waals surface area (Å²) in [6, 6.07) is 11.8. The summed E-state index contributed by atoms with van der Waals surface area (Å²) >= 11 is 0. The quantitative estimate of drug-likeness (QED) is 0.327. The van der Waals surface area contributed by atoms with Gasteiger partial charge in [0.05, 0.1) is 30.2 Å². The van der Waals surface area contributed by atoms with Crippen LogP contribution in [0.2, 0.25) is 0 Å². The zero-order valence-electron chi connectivity index (χ0n) is 20.3. The molecule has 1 amide bonds. The van der Waals surface area contributed by atoms with Gasteiger partial charge in [-0.1, -0.05) is 18.6 Å². The average Bonchev–Trinajstić information content (AvgIpc) is 3.17. The highest BCUT2D eigenvalue weighted by molar-refractivity contribution is 7.89. The van der Waals surface area contributed by atoms with Gasteiger partial charge in [0.25, 0.3) is 11.7 Å². The molecule has 36 heavy (non-hydrogen) atoms. The molecule has 1 atom stereocenters. The zero-order valence-corrected chi connectivity index (χ0v) is 21.2. The van der Waals surface area contributed by atoms with Gasteiger partial charge in [-0.25, -0.2) is 8.42 Å². The van der Waals surface area contributed by atoms with Crippen LogP contribution < -0.4 is 4.74 Å². The maximum atomic E-state index is 13.1. The molecule has 10 heteroatoms. The molecule has 1 N–H and O–H groups in total. The van der Waals surface area contributed by atoms with E-state index in [0.29, 0.717) is 24.4 Å². The largest absolute Gasteiger partial charge is 0.507 e. The molecule has 0 bridgehead atoms. The summed E-state index contributed by atoms with van der Waals surface area (Å²) in [6.07, 6.45) is 2.66. The molecule has 0 spiro atoms. The second-order valence-corrected chi connectivity index (χ2v) is 10.7. The number of Topliss-reactive ketones (excluding diaryl/α,β-unsaturated/α-hetero) is 1. The molecule has 2 aromatic rings. The van der Waals surface area contributed by atoms with Crippen LogP contribution in [0.15, 0.2) is 59.0 Å². The van der Waals surface area contributed by atoms with Gasteiger partial charge in [-0.15, -0.1) is 0 Å². The second-order valence-electron chi connectivity index (χ2n) is 8.75. The molecule has 2 fully saturated rings. The highest BCUT2D eigenvalue weighted by atomic mass is 32.2. The summed E-state index contributed by atoms with van der Waals surface area (Å²) in [6.45, 7) is 1.31. The van der Waals surface area contributed by atoms with Crippen molar-refractivity contribution in [2.24, 2.45) is 0 Å². The van der Waals surface area contributed by atoms with E-state index in [2.05, 4.69) is 0 Å². The van der Waals surface area contributed by atoms with Gasteiger partial charge >= 0.3 is 0 Å². The van der Waals surface area contributed by atoms with Crippen molar-refractivity contribution in [2.45, 2.75) is 30.2 Å². The van der Waals surface area contributed by atoms with Crippen LogP contribution in [0, 0.1) is 0 Å². The molecule has 192 valence electrons. The van der Waals surface area contributed by atoms with Gasteiger partial charge in [0.2, 0.25) is 10.0 Å². The Kier molecular flexibility index (Phi) is 7.77. The Balaban J connectivity index is 1.74. The molecule has 2 aliphatic rings. The summed E-state index contributed by atoms with van der Waals surface area (Å²) in [5.74, 6) is -1.40. The number of piperidine rings is 1. The van der Waals surface area contributed by atoms with E-state index >= 15 is 0 Å². The Bertz CT molecular complexity index is 1270. The monoisotopic (exact) mass is 514 g/mol. The number of hydrogen-bond acceptors (Lipinski definition) is 7. The molecule has 9 nitrogen and oxygen atoms in total. The number of amides is 1. The third kappa shape index (κ3) is 4.88. The number of hydrogen-bond donors (Lipinski definition) is 1. The van der Waals surface area contributed by atoms with Crippen LogP contribution in [0.5, 0.6) is 5.75 Å². The molecule has 0 aliphatic carbocycles. The van der Waals surface area contributed by atoms with E-state index in [1.54, 1.807) is 24.3 Å². The molecule has 2 saturated heterocycles. The molecular formula is C26H30N2O7S. The molecule has 4 rings (SSSR count). The molecule has 0 aromatic heterocycles. The molecule has 2 aromatic carbocycles. The first-order valence-corrected chi connectivity index (χ1v) is 13.3. The Labute approximate surface area is 211 Å². The minimum atomic E-state index is -3.65. The van der Waals surface area contributed by atoms with Gasteiger partial charge in [-0.05, 0) is 54.8 Å². The van der Waals surface area contributed by atoms with Crippen molar-refractivity contribution in [1.29, 1.82) is 0 Å². The fraction of sp³-hybridized carbons (Fsp3) is 0.385. The van der Waals surface area contributed by atoms with Gasteiger partial charge in [-0.2, -0.15) is 4.31 Å². The number of benzene rings is 2. The van der Waals surface area contributed by atoms with Crippen LogP contribution in [-0.4, -0.2) is 74.9 Å². The number of nitrogens with zero attached hydrogens (tertiary/aromatic N) is 2. The lowest BCUT2D eigenvalue weighted by Gasteiger charge is -2.26. The third-order valence-electron chi connectivity index (χ3n) is 6.57. The number of aliphatic hydroxyl groups excluding tert-OH is 1. The zero-order chi connectivity index (χ0) is 25.9. The summed E-state index contributed by atoms with van der Waals surface area (Å²) in [5.41, 5.74) is 0.761. The Hall–Kier alpha value is -3.21. The number of likely N-dealkylation sites (tertiary alicyclic amines) is 1. The van der Waals surface area contributed by atoms with Gasteiger partial charge in [-0.3, -0.25) is 9.59 Å². The maximum absolute atomic E-state index is 13.1.